The van der Waals surface area contributed by atoms with Crippen LogP contribution in [0.2, 0.25) is 5.04 Å². The van der Waals surface area contributed by atoms with Crippen molar-refractivity contribution in [1.82, 2.24) is 0 Å². The van der Waals surface area contributed by atoms with Crippen molar-refractivity contribution in [3.8, 4) is 0 Å². The fourth-order valence-corrected chi connectivity index (χ4v) is 8.88. The molecule has 0 heterocycles. The van der Waals surface area contributed by atoms with Gasteiger partial charge in [0.25, 0.3) is 8.32 Å². The number of anilines is 1. The molecule has 0 amide bonds. The molecule has 0 fully saturated rings. The molecular weight excluding hydrogens is 438 g/mol. The summed E-state index contributed by atoms with van der Waals surface area (Å²) in [5.74, 6) is 0. The third-order valence-electron chi connectivity index (χ3n) is 5.41. The van der Waals surface area contributed by atoms with Gasteiger partial charge in [0.1, 0.15) is 0 Å². The summed E-state index contributed by atoms with van der Waals surface area (Å²) in [7, 11) is -0.342. The van der Waals surface area contributed by atoms with Crippen molar-refractivity contribution in [3.05, 3.63) is 89.4 Å². The lowest BCUT2D eigenvalue weighted by atomic mass is 10.2. The van der Waals surface area contributed by atoms with Crippen LogP contribution in [0.4, 0.5) is 5.69 Å². The maximum atomic E-state index is 6.97. The van der Waals surface area contributed by atoms with Crippen LogP contribution in [0.1, 0.15) is 20.8 Å². The molecule has 0 aromatic heterocycles. The SMILES string of the molecule is CN(CCO[Si](c1ccccc1)(c1ccccc1)C(C)(C)C)c1cccc(Br)c1. The second-order valence-electron chi connectivity index (χ2n) is 8.41. The zero-order valence-corrected chi connectivity index (χ0v) is 20.3. The van der Waals surface area contributed by atoms with Crippen molar-refractivity contribution in [2.75, 3.05) is 25.1 Å². The number of hydrogen-bond donors (Lipinski definition) is 0. The quantitative estimate of drug-likeness (QED) is 0.427. The van der Waals surface area contributed by atoms with Crippen LogP contribution in [0, 0.1) is 0 Å². The maximum absolute atomic E-state index is 6.97. The topological polar surface area (TPSA) is 12.5 Å². The van der Waals surface area contributed by atoms with Gasteiger partial charge < -0.3 is 9.33 Å². The second kappa shape index (κ2) is 9.29. The number of benzene rings is 3. The molecule has 0 aliphatic rings. The molecule has 29 heavy (non-hydrogen) atoms. The van der Waals surface area contributed by atoms with Gasteiger partial charge in [-0.2, -0.15) is 0 Å². The standard InChI is InChI=1S/C25H30BrNOSi/c1-25(2,3)29(23-14-7-5-8-15-23,24-16-9-6-10-17-24)28-19-18-27(4)22-13-11-12-21(26)20-22/h5-17,20H,18-19H2,1-4H3. The molecule has 3 aromatic rings. The molecule has 0 saturated heterocycles. The minimum Gasteiger partial charge on any atom is -0.406 e. The number of halogens is 1. The summed E-state index contributed by atoms with van der Waals surface area (Å²) in [6, 6.07) is 30.0. The maximum Gasteiger partial charge on any atom is 0.261 e. The highest BCUT2D eigenvalue weighted by Gasteiger charge is 2.50. The Kier molecular flexibility index (Phi) is 6.99. The molecule has 2 nitrogen and oxygen atoms in total. The lowest BCUT2D eigenvalue weighted by Gasteiger charge is -2.43. The Hall–Kier alpha value is -1.88. The van der Waals surface area contributed by atoms with E-state index in [4.69, 9.17) is 4.43 Å². The molecule has 0 atom stereocenters. The molecule has 0 radical (unpaired) electrons. The van der Waals surface area contributed by atoms with Gasteiger partial charge in [0.2, 0.25) is 0 Å². The minimum absolute atomic E-state index is 0.00402. The summed E-state index contributed by atoms with van der Waals surface area (Å²) >= 11 is 3.57. The molecule has 0 aliphatic heterocycles. The third kappa shape index (κ3) is 4.82. The molecule has 3 aromatic carbocycles. The first-order chi connectivity index (χ1) is 13.8. The van der Waals surface area contributed by atoms with Crippen LogP contribution in [-0.4, -0.2) is 28.5 Å². The molecule has 152 valence electrons. The Morgan fingerprint density at radius 3 is 1.86 bits per heavy atom. The molecule has 4 heteroatoms. The first-order valence-electron chi connectivity index (χ1n) is 10.1. The number of likely N-dealkylation sites (N-methyl/N-ethyl adjacent to an activating group) is 1. The van der Waals surface area contributed by atoms with Crippen LogP contribution < -0.4 is 15.3 Å². The van der Waals surface area contributed by atoms with Gasteiger partial charge in [-0.25, -0.2) is 0 Å². The molecule has 0 N–H and O–H groups in total. The van der Waals surface area contributed by atoms with Crippen molar-refractivity contribution >= 4 is 40.3 Å². The highest BCUT2D eigenvalue weighted by Crippen LogP contribution is 2.36. The number of hydrogen-bond acceptors (Lipinski definition) is 2. The minimum atomic E-state index is -2.46. The summed E-state index contributed by atoms with van der Waals surface area (Å²) in [5.41, 5.74) is 1.19. The van der Waals surface area contributed by atoms with E-state index in [0.717, 1.165) is 11.0 Å². The van der Waals surface area contributed by atoms with E-state index in [9.17, 15) is 0 Å². The number of rotatable bonds is 7. The molecule has 0 unspecified atom stereocenters. The summed E-state index contributed by atoms with van der Waals surface area (Å²) in [4.78, 5) is 2.25. The predicted molar refractivity (Wildman–Crippen MR) is 131 cm³/mol. The highest BCUT2D eigenvalue weighted by molar-refractivity contribution is 9.10. The largest absolute Gasteiger partial charge is 0.406 e. The van der Waals surface area contributed by atoms with Gasteiger partial charge in [0, 0.05) is 23.8 Å². The van der Waals surface area contributed by atoms with Crippen LogP contribution in [0.25, 0.3) is 0 Å². The van der Waals surface area contributed by atoms with Gasteiger partial charge in [-0.05, 0) is 33.6 Å². The highest BCUT2D eigenvalue weighted by atomic mass is 79.9. The Morgan fingerprint density at radius 1 is 0.828 bits per heavy atom. The summed E-state index contributed by atoms with van der Waals surface area (Å²) < 4.78 is 8.07. The molecular formula is C25H30BrNOSi. The predicted octanol–water partition coefficient (Wildman–Crippen LogP) is 5.46. The van der Waals surface area contributed by atoms with E-state index in [2.05, 4.69) is 134 Å². The van der Waals surface area contributed by atoms with Crippen LogP contribution in [-0.2, 0) is 4.43 Å². The van der Waals surface area contributed by atoms with Crippen LogP contribution in [0.15, 0.2) is 89.4 Å². The Morgan fingerprint density at radius 2 is 1.38 bits per heavy atom. The van der Waals surface area contributed by atoms with E-state index in [-0.39, 0.29) is 5.04 Å². The Balaban J connectivity index is 1.92. The average Bonchev–Trinajstić information content (AvgIpc) is 2.71. The van der Waals surface area contributed by atoms with Gasteiger partial charge in [-0.15, -0.1) is 0 Å². The monoisotopic (exact) mass is 467 g/mol. The summed E-state index contributed by atoms with van der Waals surface area (Å²) in [6.45, 7) is 8.46. The molecule has 0 bridgehead atoms. The van der Waals surface area contributed by atoms with Gasteiger partial charge in [0.15, 0.2) is 0 Å². The van der Waals surface area contributed by atoms with E-state index in [1.54, 1.807) is 0 Å². The van der Waals surface area contributed by atoms with Crippen molar-refractivity contribution < 1.29 is 4.43 Å². The van der Waals surface area contributed by atoms with Crippen LogP contribution in [0.3, 0.4) is 0 Å². The normalized spacial score (nSPS) is 12.0. The van der Waals surface area contributed by atoms with E-state index in [0.29, 0.717) is 6.61 Å². The van der Waals surface area contributed by atoms with E-state index >= 15 is 0 Å². The summed E-state index contributed by atoms with van der Waals surface area (Å²) in [5, 5.41) is 2.65. The fourth-order valence-electron chi connectivity index (χ4n) is 3.94. The first-order valence-corrected chi connectivity index (χ1v) is 12.8. The lowest BCUT2D eigenvalue weighted by molar-refractivity contribution is 0.306. The van der Waals surface area contributed by atoms with Crippen LogP contribution >= 0.6 is 15.9 Å². The van der Waals surface area contributed by atoms with E-state index in [1.807, 2.05) is 0 Å². The van der Waals surface area contributed by atoms with Crippen molar-refractivity contribution in [1.29, 1.82) is 0 Å². The fraction of sp³-hybridized carbons (Fsp3) is 0.280. The van der Waals surface area contributed by atoms with Gasteiger partial charge in [0.05, 0.1) is 6.61 Å². The first kappa shape index (κ1) is 21.8. The van der Waals surface area contributed by atoms with Crippen LogP contribution in [0.5, 0.6) is 0 Å². The zero-order valence-electron chi connectivity index (χ0n) is 17.7. The molecule has 0 aliphatic carbocycles. The second-order valence-corrected chi connectivity index (χ2v) is 13.6. The van der Waals surface area contributed by atoms with Crippen molar-refractivity contribution in [2.24, 2.45) is 0 Å². The van der Waals surface area contributed by atoms with E-state index < -0.39 is 8.32 Å². The van der Waals surface area contributed by atoms with Gasteiger partial charge >= 0.3 is 0 Å². The van der Waals surface area contributed by atoms with Crippen molar-refractivity contribution in [3.63, 3.8) is 0 Å². The van der Waals surface area contributed by atoms with Gasteiger partial charge in [-0.1, -0.05) is 103 Å². The van der Waals surface area contributed by atoms with E-state index in [1.165, 1.54) is 16.1 Å². The summed E-state index contributed by atoms with van der Waals surface area (Å²) in [6.07, 6.45) is 0. The van der Waals surface area contributed by atoms with Crippen molar-refractivity contribution in [2.45, 2.75) is 25.8 Å². The smallest absolute Gasteiger partial charge is 0.261 e. The molecule has 0 spiro atoms. The zero-order chi connectivity index (χ0) is 20.9. The molecule has 3 rings (SSSR count). The Bertz CT molecular complexity index is 869. The third-order valence-corrected chi connectivity index (χ3v) is 10.9. The molecule has 0 saturated carbocycles. The Labute approximate surface area is 184 Å². The van der Waals surface area contributed by atoms with Gasteiger partial charge in [-0.3, -0.25) is 0 Å². The lowest BCUT2D eigenvalue weighted by Crippen LogP contribution is -2.67. The number of nitrogens with zero attached hydrogens (tertiary/aromatic N) is 1. The average molecular weight is 469 g/mol.